The van der Waals surface area contributed by atoms with Gasteiger partial charge in [-0.1, -0.05) is 66.7 Å². The fraction of sp³-hybridized carbons (Fsp3) is 0.0400. The Hall–Kier alpha value is -3.92. The number of fused-ring (bicyclic) bond motifs is 1. The molecule has 0 aliphatic heterocycles. The van der Waals surface area contributed by atoms with Gasteiger partial charge in [0.25, 0.3) is 0 Å². The van der Waals surface area contributed by atoms with E-state index in [1.807, 2.05) is 85.8 Å². The molecule has 4 aromatic rings. The topological polar surface area (TPSA) is 66.2 Å². The SMILES string of the molecule is Cc1ccc2nc(C=C(O)c3ccccc3)c(C=C(O)c3ccccc3)nc2c1. The molecule has 0 aliphatic carbocycles. The number of hydrogen-bond acceptors (Lipinski definition) is 4. The Labute approximate surface area is 169 Å². The van der Waals surface area contributed by atoms with Gasteiger partial charge in [0.05, 0.1) is 22.4 Å². The second-order valence-electron chi connectivity index (χ2n) is 6.78. The van der Waals surface area contributed by atoms with Gasteiger partial charge in [-0.2, -0.15) is 0 Å². The fourth-order valence-electron chi connectivity index (χ4n) is 3.05. The third kappa shape index (κ3) is 4.17. The van der Waals surface area contributed by atoms with Gasteiger partial charge in [-0.15, -0.1) is 0 Å². The predicted molar refractivity (Wildman–Crippen MR) is 118 cm³/mol. The smallest absolute Gasteiger partial charge is 0.125 e. The molecule has 29 heavy (non-hydrogen) atoms. The van der Waals surface area contributed by atoms with Gasteiger partial charge < -0.3 is 10.2 Å². The quantitative estimate of drug-likeness (QED) is 0.423. The van der Waals surface area contributed by atoms with E-state index in [1.54, 1.807) is 12.2 Å². The van der Waals surface area contributed by atoms with Crippen LogP contribution in [-0.4, -0.2) is 20.2 Å². The maximum atomic E-state index is 10.6. The first kappa shape index (κ1) is 18.4. The van der Waals surface area contributed by atoms with Crippen LogP contribution in [0.4, 0.5) is 0 Å². The molecular weight excluding hydrogens is 360 g/mol. The van der Waals surface area contributed by atoms with Crippen molar-refractivity contribution in [3.8, 4) is 0 Å². The fourth-order valence-corrected chi connectivity index (χ4v) is 3.05. The van der Waals surface area contributed by atoms with Crippen molar-refractivity contribution in [2.24, 2.45) is 0 Å². The summed E-state index contributed by atoms with van der Waals surface area (Å²) in [6.07, 6.45) is 3.15. The zero-order valence-corrected chi connectivity index (χ0v) is 15.9. The summed E-state index contributed by atoms with van der Waals surface area (Å²) in [5, 5.41) is 21.2. The van der Waals surface area contributed by atoms with Crippen molar-refractivity contribution in [3.05, 3.63) is 107 Å². The van der Waals surface area contributed by atoms with E-state index in [-0.39, 0.29) is 11.5 Å². The molecule has 0 atom stereocenters. The van der Waals surface area contributed by atoms with Crippen molar-refractivity contribution in [1.29, 1.82) is 0 Å². The number of aryl methyl sites for hydroxylation is 1. The van der Waals surface area contributed by atoms with Crippen LogP contribution in [0.3, 0.4) is 0 Å². The normalized spacial score (nSPS) is 12.3. The van der Waals surface area contributed by atoms with Gasteiger partial charge >= 0.3 is 0 Å². The van der Waals surface area contributed by atoms with Crippen LogP contribution in [-0.2, 0) is 0 Å². The molecule has 0 spiro atoms. The van der Waals surface area contributed by atoms with E-state index in [9.17, 15) is 10.2 Å². The highest BCUT2D eigenvalue weighted by molar-refractivity contribution is 5.86. The van der Waals surface area contributed by atoms with Crippen LogP contribution in [0.15, 0.2) is 78.9 Å². The summed E-state index contributed by atoms with van der Waals surface area (Å²) in [4.78, 5) is 9.37. The molecular formula is C25H20N2O2. The lowest BCUT2D eigenvalue weighted by molar-refractivity contribution is 0.514. The van der Waals surface area contributed by atoms with E-state index >= 15 is 0 Å². The summed E-state index contributed by atoms with van der Waals surface area (Å²) in [5.74, 6) is 0.168. The van der Waals surface area contributed by atoms with E-state index in [0.717, 1.165) is 16.6 Å². The second kappa shape index (κ2) is 7.98. The Kier molecular flexibility index (Phi) is 5.08. The second-order valence-corrected chi connectivity index (χ2v) is 6.78. The molecule has 0 amide bonds. The first-order valence-corrected chi connectivity index (χ1v) is 9.31. The van der Waals surface area contributed by atoms with Crippen molar-refractivity contribution in [2.45, 2.75) is 6.92 Å². The summed E-state index contributed by atoms with van der Waals surface area (Å²) < 4.78 is 0. The maximum absolute atomic E-state index is 10.6. The van der Waals surface area contributed by atoms with Gasteiger partial charge in [0.1, 0.15) is 11.5 Å². The third-order valence-electron chi connectivity index (χ3n) is 4.56. The van der Waals surface area contributed by atoms with Gasteiger partial charge in [0, 0.05) is 23.3 Å². The van der Waals surface area contributed by atoms with Crippen LogP contribution >= 0.6 is 0 Å². The Morgan fingerprint density at radius 2 is 1.14 bits per heavy atom. The van der Waals surface area contributed by atoms with Crippen molar-refractivity contribution < 1.29 is 10.2 Å². The van der Waals surface area contributed by atoms with Crippen molar-refractivity contribution >= 4 is 34.7 Å². The highest BCUT2D eigenvalue weighted by Gasteiger charge is 2.10. The largest absolute Gasteiger partial charge is 0.507 e. The number of aliphatic hydroxyl groups excluding tert-OH is 2. The number of nitrogens with zero attached hydrogens (tertiary/aromatic N) is 2. The van der Waals surface area contributed by atoms with Crippen LogP contribution in [0, 0.1) is 6.92 Å². The van der Waals surface area contributed by atoms with Crippen molar-refractivity contribution in [1.82, 2.24) is 9.97 Å². The lowest BCUT2D eigenvalue weighted by Crippen LogP contribution is -1.97. The van der Waals surface area contributed by atoms with Crippen molar-refractivity contribution in [2.75, 3.05) is 0 Å². The molecule has 142 valence electrons. The van der Waals surface area contributed by atoms with Gasteiger partial charge in [0.2, 0.25) is 0 Å². The van der Waals surface area contributed by atoms with Gasteiger partial charge in [-0.25, -0.2) is 9.97 Å². The van der Waals surface area contributed by atoms with E-state index in [0.29, 0.717) is 22.5 Å². The molecule has 1 aromatic heterocycles. The third-order valence-corrected chi connectivity index (χ3v) is 4.56. The summed E-state index contributed by atoms with van der Waals surface area (Å²) in [7, 11) is 0. The standard InChI is InChI=1S/C25H20N2O2/c1-17-12-13-20-21(14-17)27-23(16-25(29)19-10-6-3-7-11-19)22(26-20)15-24(28)18-8-4-2-5-9-18/h2-16,28-29H,1H3. The van der Waals surface area contributed by atoms with Crippen LogP contribution in [0.25, 0.3) is 34.7 Å². The predicted octanol–water partition coefficient (Wildman–Crippen LogP) is 6.05. The highest BCUT2D eigenvalue weighted by Crippen LogP contribution is 2.23. The van der Waals surface area contributed by atoms with Crippen LogP contribution in [0.1, 0.15) is 28.1 Å². The van der Waals surface area contributed by atoms with E-state index in [4.69, 9.17) is 4.98 Å². The summed E-state index contributed by atoms with van der Waals surface area (Å²) in [6.45, 7) is 1.99. The summed E-state index contributed by atoms with van der Waals surface area (Å²) in [6, 6.07) is 24.3. The average Bonchev–Trinajstić information content (AvgIpc) is 2.75. The minimum Gasteiger partial charge on any atom is -0.507 e. The number of rotatable bonds is 4. The first-order chi connectivity index (χ1) is 14.1. The average molecular weight is 380 g/mol. The first-order valence-electron chi connectivity index (χ1n) is 9.31. The lowest BCUT2D eigenvalue weighted by Gasteiger charge is -2.07. The molecule has 0 unspecified atom stereocenters. The van der Waals surface area contributed by atoms with Gasteiger partial charge in [-0.3, -0.25) is 0 Å². The zero-order chi connectivity index (χ0) is 20.2. The molecule has 0 radical (unpaired) electrons. The van der Waals surface area contributed by atoms with Crippen LogP contribution in [0.2, 0.25) is 0 Å². The summed E-state index contributed by atoms with van der Waals surface area (Å²) in [5.41, 5.74) is 4.84. The van der Waals surface area contributed by atoms with Crippen LogP contribution in [0.5, 0.6) is 0 Å². The van der Waals surface area contributed by atoms with E-state index in [2.05, 4.69) is 4.98 Å². The van der Waals surface area contributed by atoms with Gasteiger partial charge in [0.15, 0.2) is 0 Å². The van der Waals surface area contributed by atoms with Gasteiger partial charge in [-0.05, 0) is 24.6 Å². The zero-order valence-electron chi connectivity index (χ0n) is 15.9. The monoisotopic (exact) mass is 380 g/mol. The molecule has 0 aliphatic rings. The number of aromatic nitrogens is 2. The number of hydrogen-bond donors (Lipinski definition) is 2. The van der Waals surface area contributed by atoms with Crippen LogP contribution < -0.4 is 0 Å². The Morgan fingerprint density at radius 3 is 1.66 bits per heavy atom. The minimum absolute atomic E-state index is 0.0835. The maximum Gasteiger partial charge on any atom is 0.125 e. The molecule has 1 heterocycles. The molecule has 4 heteroatoms. The molecule has 3 aromatic carbocycles. The molecule has 2 N–H and O–H groups in total. The number of benzene rings is 3. The highest BCUT2D eigenvalue weighted by atomic mass is 16.3. The summed E-state index contributed by atoms with van der Waals surface area (Å²) >= 11 is 0. The molecule has 0 bridgehead atoms. The van der Waals surface area contributed by atoms with Crippen molar-refractivity contribution in [3.63, 3.8) is 0 Å². The Morgan fingerprint density at radius 1 is 0.655 bits per heavy atom. The minimum atomic E-state index is 0.0835. The molecule has 4 rings (SSSR count). The van der Waals surface area contributed by atoms with E-state index < -0.39 is 0 Å². The lowest BCUT2D eigenvalue weighted by atomic mass is 10.1. The number of aliphatic hydroxyl groups is 2. The molecule has 4 nitrogen and oxygen atoms in total. The Balaban J connectivity index is 1.88. The van der Waals surface area contributed by atoms with E-state index in [1.165, 1.54) is 0 Å². The Bertz CT molecular complexity index is 1210. The molecule has 0 saturated heterocycles. The molecule has 0 fully saturated rings. The molecule has 0 saturated carbocycles.